The highest BCUT2D eigenvalue weighted by Crippen LogP contribution is 2.41. The van der Waals surface area contributed by atoms with Crippen LogP contribution in [0, 0.1) is 0 Å². The van der Waals surface area contributed by atoms with Crippen molar-refractivity contribution in [3.63, 3.8) is 0 Å². The van der Waals surface area contributed by atoms with Crippen molar-refractivity contribution in [3.8, 4) is 0 Å². The lowest BCUT2D eigenvalue weighted by atomic mass is 9.86. The Morgan fingerprint density at radius 2 is 2.05 bits per heavy atom. The van der Waals surface area contributed by atoms with Crippen molar-refractivity contribution in [2.24, 2.45) is 0 Å². The number of hydrogen-bond acceptors (Lipinski definition) is 3. The van der Waals surface area contributed by atoms with Gasteiger partial charge in [-0.15, -0.1) is 0 Å². The summed E-state index contributed by atoms with van der Waals surface area (Å²) in [6, 6.07) is 8.73. The summed E-state index contributed by atoms with van der Waals surface area (Å²) < 4.78 is 0. The highest BCUT2D eigenvalue weighted by Gasteiger charge is 2.55. The zero-order chi connectivity index (χ0) is 13.6. The molecule has 0 spiro atoms. The molecule has 5 nitrogen and oxygen atoms in total. The smallest absolute Gasteiger partial charge is 0.327 e. The van der Waals surface area contributed by atoms with Crippen molar-refractivity contribution >= 4 is 11.9 Å². The van der Waals surface area contributed by atoms with Crippen molar-refractivity contribution < 1.29 is 14.7 Å². The normalized spacial score (nSPS) is 29.8. The minimum atomic E-state index is -1.05. The number of amides is 3. The van der Waals surface area contributed by atoms with Gasteiger partial charge in [-0.1, -0.05) is 30.3 Å². The lowest BCUT2D eigenvalue weighted by molar-refractivity contribution is -0.125. The number of nitrogens with zero attached hydrogens (tertiary/aromatic N) is 2. The Hall–Kier alpha value is -1.88. The quantitative estimate of drug-likeness (QED) is 0.817. The molecule has 1 aromatic carbocycles. The third-order valence-electron chi connectivity index (χ3n) is 4.15. The number of aliphatic hydroxyl groups is 1. The van der Waals surface area contributed by atoms with E-state index in [1.807, 2.05) is 30.3 Å². The van der Waals surface area contributed by atoms with E-state index in [9.17, 15) is 14.7 Å². The second-order valence-electron chi connectivity index (χ2n) is 5.16. The van der Waals surface area contributed by atoms with Crippen LogP contribution in [0.25, 0.3) is 0 Å². The fourth-order valence-corrected chi connectivity index (χ4v) is 3.08. The number of benzene rings is 1. The number of fused-ring (bicyclic) bond motifs is 1. The molecule has 2 aliphatic rings. The van der Waals surface area contributed by atoms with E-state index in [-0.39, 0.29) is 24.5 Å². The maximum Gasteiger partial charge on any atom is 0.327 e. The van der Waals surface area contributed by atoms with Crippen LogP contribution in [0.15, 0.2) is 30.3 Å². The molecular formula is C14H16N2O3. The van der Waals surface area contributed by atoms with E-state index < -0.39 is 5.60 Å². The Morgan fingerprint density at radius 3 is 2.68 bits per heavy atom. The average molecular weight is 260 g/mol. The number of rotatable bonds is 1. The fourth-order valence-electron chi connectivity index (χ4n) is 3.08. The Labute approximate surface area is 111 Å². The van der Waals surface area contributed by atoms with Crippen molar-refractivity contribution in [2.75, 3.05) is 13.1 Å². The van der Waals surface area contributed by atoms with Crippen LogP contribution in [0.3, 0.4) is 0 Å². The Morgan fingerprint density at radius 1 is 1.37 bits per heavy atom. The van der Waals surface area contributed by atoms with Gasteiger partial charge in [0.25, 0.3) is 0 Å². The van der Waals surface area contributed by atoms with Gasteiger partial charge >= 0.3 is 6.03 Å². The van der Waals surface area contributed by atoms with Gasteiger partial charge in [0.15, 0.2) is 0 Å². The number of urea groups is 1. The molecular weight excluding hydrogens is 244 g/mol. The lowest BCUT2D eigenvalue weighted by Crippen LogP contribution is -2.41. The molecule has 3 amide bonds. The molecule has 100 valence electrons. The van der Waals surface area contributed by atoms with E-state index in [1.165, 1.54) is 11.8 Å². The SMILES string of the molecule is CC(=O)N1C[C@H]2N(CC[C@@]2(O)c2ccccc2)C1=O. The second kappa shape index (κ2) is 4.06. The zero-order valence-corrected chi connectivity index (χ0v) is 10.7. The molecule has 0 radical (unpaired) electrons. The summed E-state index contributed by atoms with van der Waals surface area (Å²) in [5.74, 6) is -0.269. The van der Waals surface area contributed by atoms with E-state index in [0.29, 0.717) is 13.0 Å². The van der Waals surface area contributed by atoms with Gasteiger partial charge in [0.05, 0.1) is 12.6 Å². The van der Waals surface area contributed by atoms with Crippen LogP contribution in [0.4, 0.5) is 4.79 Å². The third-order valence-corrected chi connectivity index (χ3v) is 4.15. The molecule has 2 saturated heterocycles. The van der Waals surface area contributed by atoms with Crippen LogP contribution in [-0.2, 0) is 10.4 Å². The predicted molar refractivity (Wildman–Crippen MR) is 68.2 cm³/mol. The van der Waals surface area contributed by atoms with Crippen LogP contribution >= 0.6 is 0 Å². The molecule has 0 saturated carbocycles. The minimum absolute atomic E-state index is 0.263. The van der Waals surface area contributed by atoms with Crippen molar-refractivity contribution in [1.82, 2.24) is 9.80 Å². The first kappa shape index (κ1) is 12.2. The standard InChI is InChI=1S/C14H16N2O3/c1-10(17)16-9-12-14(19,7-8-15(12)13(16)18)11-5-3-2-4-6-11/h2-6,12,19H,7-9H2,1H3/t12-,14-/m1/s1. The first-order valence-corrected chi connectivity index (χ1v) is 6.40. The number of hydrogen-bond donors (Lipinski definition) is 1. The largest absolute Gasteiger partial charge is 0.383 e. The summed E-state index contributed by atoms with van der Waals surface area (Å²) in [6.45, 7) is 2.12. The molecule has 2 aliphatic heterocycles. The van der Waals surface area contributed by atoms with Gasteiger partial charge in [0, 0.05) is 19.9 Å². The predicted octanol–water partition coefficient (Wildman–Crippen LogP) is 0.931. The van der Waals surface area contributed by atoms with Crippen LogP contribution < -0.4 is 0 Å². The Balaban J connectivity index is 1.95. The van der Waals surface area contributed by atoms with E-state index in [2.05, 4.69) is 0 Å². The summed E-state index contributed by atoms with van der Waals surface area (Å²) in [4.78, 5) is 26.3. The van der Waals surface area contributed by atoms with Gasteiger partial charge in [0.1, 0.15) is 5.60 Å². The van der Waals surface area contributed by atoms with Crippen LogP contribution in [0.2, 0.25) is 0 Å². The Kier molecular flexibility index (Phi) is 2.60. The van der Waals surface area contributed by atoms with Gasteiger partial charge in [-0.3, -0.25) is 9.69 Å². The third kappa shape index (κ3) is 1.65. The summed E-state index contributed by atoms with van der Waals surface area (Å²) in [6.07, 6.45) is 0.513. The maximum atomic E-state index is 12.1. The average Bonchev–Trinajstić information content (AvgIpc) is 2.91. The molecule has 5 heteroatoms. The number of imide groups is 1. The molecule has 0 aliphatic carbocycles. The molecule has 2 atom stereocenters. The molecule has 0 unspecified atom stereocenters. The monoisotopic (exact) mass is 260 g/mol. The summed E-state index contributed by atoms with van der Waals surface area (Å²) >= 11 is 0. The highest BCUT2D eigenvalue weighted by molar-refractivity contribution is 5.95. The molecule has 1 N–H and O–H groups in total. The number of carbonyl (C=O) groups excluding carboxylic acids is 2. The molecule has 2 fully saturated rings. The molecule has 1 aromatic rings. The molecule has 0 bridgehead atoms. The van der Waals surface area contributed by atoms with Gasteiger partial charge in [-0.05, 0) is 5.56 Å². The van der Waals surface area contributed by atoms with Crippen molar-refractivity contribution in [1.29, 1.82) is 0 Å². The van der Waals surface area contributed by atoms with E-state index in [4.69, 9.17) is 0 Å². The van der Waals surface area contributed by atoms with Crippen LogP contribution in [0.1, 0.15) is 18.9 Å². The highest BCUT2D eigenvalue weighted by atomic mass is 16.3. The van der Waals surface area contributed by atoms with E-state index in [1.54, 1.807) is 4.90 Å². The van der Waals surface area contributed by atoms with E-state index in [0.717, 1.165) is 5.56 Å². The van der Waals surface area contributed by atoms with Crippen LogP contribution in [0.5, 0.6) is 0 Å². The number of carbonyl (C=O) groups is 2. The van der Waals surface area contributed by atoms with Gasteiger partial charge in [-0.2, -0.15) is 0 Å². The zero-order valence-electron chi connectivity index (χ0n) is 10.7. The summed E-state index contributed by atoms with van der Waals surface area (Å²) in [5.41, 5.74) is -0.248. The summed E-state index contributed by atoms with van der Waals surface area (Å²) in [7, 11) is 0. The van der Waals surface area contributed by atoms with Gasteiger partial charge in [0.2, 0.25) is 5.91 Å². The Bertz CT molecular complexity index is 531. The molecule has 19 heavy (non-hydrogen) atoms. The van der Waals surface area contributed by atoms with E-state index >= 15 is 0 Å². The fraction of sp³-hybridized carbons (Fsp3) is 0.429. The molecule has 2 heterocycles. The first-order valence-electron chi connectivity index (χ1n) is 6.40. The lowest BCUT2D eigenvalue weighted by Gasteiger charge is -2.29. The molecule has 0 aromatic heterocycles. The summed E-state index contributed by atoms with van der Waals surface area (Å²) in [5, 5.41) is 10.9. The molecule has 3 rings (SSSR count). The van der Waals surface area contributed by atoms with Crippen molar-refractivity contribution in [3.05, 3.63) is 35.9 Å². The van der Waals surface area contributed by atoms with Gasteiger partial charge < -0.3 is 10.0 Å². The second-order valence-corrected chi connectivity index (χ2v) is 5.16. The minimum Gasteiger partial charge on any atom is -0.383 e. The van der Waals surface area contributed by atoms with Crippen molar-refractivity contribution in [2.45, 2.75) is 25.0 Å². The van der Waals surface area contributed by atoms with Crippen LogP contribution in [-0.4, -0.2) is 46.0 Å². The first-order chi connectivity index (χ1) is 9.04. The van der Waals surface area contributed by atoms with Gasteiger partial charge in [-0.25, -0.2) is 4.79 Å². The maximum absolute atomic E-state index is 12.1. The topological polar surface area (TPSA) is 60.9 Å².